The Kier molecular flexibility index (Phi) is 6.31. The van der Waals surface area contributed by atoms with Gasteiger partial charge in [0.2, 0.25) is 11.8 Å². The monoisotopic (exact) mass is 424 g/mol. The molecule has 0 saturated carbocycles. The van der Waals surface area contributed by atoms with Crippen LogP contribution in [-0.4, -0.2) is 53.6 Å². The maximum atomic E-state index is 12.6. The van der Waals surface area contributed by atoms with Crippen molar-refractivity contribution < 1.29 is 22.8 Å². The minimum Gasteiger partial charge on any atom is -0.368 e. The van der Waals surface area contributed by atoms with E-state index in [0.717, 1.165) is 29.7 Å². The van der Waals surface area contributed by atoms with Crippen molar-refractivity contribution >= 4 is 29.3 Å². The maximum absolute atomic E-state index is 12.6. The molecule has 1 aliphatic rings. The number of carbonyl (C=O) groups excluding carboxylic acids is 2. The molecular weight excluding hydrogens is 405 g/mol. The molecule has 2 N–H and O–H groups in total. The van der Waals surface area contributed by atoms with Crippen LogP contribution in [0.4, 0.5) is 18.9 Å². The van der Waals surface area contributed by atoms with E-state index >= 15 is 0 Å². The van der Waals surface area contributed by atoms with E-state index in [9.17, 15) is 22.8 Å². The molecule has 6 nitrogen and oxygen atoms in total. The van der Waals surface area contributed by atoms with Gasteiger partial charge in [0.1, 0.15) is 0 Å². The predicted molar refractivity (Wildman–Crippen MR) is 104 cm³/mol. The zero-order valence-electron chi connectivity index (χ0n) is 15.4. The van der Waals surface area contributed by atoms with Crippen molar-refractivity contribution in [3.8, 4) is 0 Å². The minimum atomic E-state index is -4.42. The number of carbonyl (C=O) groups is 2. The topological polar surface area (TPSA) is 79.5 Å². The van der Waals surface area contributed by atoms with E-state index in [2.05, 4.69) is 9.88 Å². The van der Waals surface area contributed by atoms with Gasteiger partial charge in [-0.3, -0.25) is 9.59 Å². The van der Waals surface area contributed by atoms with Crippen LogP contribution < -0.4 is 10.6 Å². The fraction of sp³-hybridized carbons (Fsp3) is 0.316. The third-order valence-electron chi connectivity index (χ3n) is 4.56. The van der Waals surface area contributed by atoms with Gasteiger partial charge in [0.15, 0.2) is 0 Å². The number of aromatic nitrogens is 1. The Morgan fingerprint density at radius 2 is 1.69 bits per heavy atom. The van der Waals surface area contributed by atoms with Crippen molar-refractivity contribution in [2.24, 2.45) is 5.73 Å². The molecule has 1 fully saturated rings. The van der Waals surface area contributed by atoms with Crippen molar-refractivity contribution in [3.05, 3.63) is 53.7 Å². The molecule has 2 amide bonds. The average Bonchev–Trinajstić information content (AvgIpc) is 2.72. The first-order valence-corrected chi connectivity index (χ1v) is 9.81. The smallest absolute Gasteiger partial charge is 0.368 e. The highest BCUT2D eigenvalue weighted by Gasteiger charge is 2.30. The molecule has 154 valence electrons. The molecular formula is C19H19F3N4O2S. The normalized spacial score (nSPS) is 14.7. The lowest BCUT2D eigenvalue weighted by Gasteiger charge is -2.36. The van der Waals surface area contributed by atoms with Crippen LogP contribution in [-0.2, 0) is 11.0 Å². The number of nitrogens with zero attached hydrogens (tertiary/aromatic N) is 3. The van der Waals surface area contributed by atoms with Gasteiger partial charge in [-0.05, 0) is 36.4 Å². The predicted octanol–water partition coefficient (Wildman–Crippen LogP) is 2.64. The van der Waals surface area contributed by atoms with Crippen LogP contribution in [0.15, 0.2) is 47.6 Å². The second kappa shape index (κ2) is 8.73. The zero-order valence-corrected chi connectivity index (χ0v) is 16.2. The number of alkyl halides is 3. The number of pyridine rings is 1. The summed E-state index contributed by atoms with van der Waals surface area (Å²) in [6, 6.07) is 9.22. The number of amides is 2. The highest BCUT2D eigenvalue weighted by atomic mass is 32.2. The quantitative estimate of drug-likeness (QED) is 0.747. The van der Waals surface area contributed by atoms with Gasteiger partial charge in [0.25, 0.3) is 0 Å². The van der Waals surface area contributed by atoms with E-state index < -0.39 is 17.6 Å². The Balaban J connectivity index is 1.48. The number of nitrogens with two attached hydrogens (primary N) is 1. The molecule has 1 aromatic carbocycles. The van der Waals surface area contributed by atoms with Gasteiger partial charge in [-0.1, -0.05) is 11.8 Å². The van der Waals surface area contributed by atoms with Crippen LogP contribution in [0.2, 0.25) is 0 Å². The first-order valence-electron chi connectivity index (χ1n) is 8.82. The number of anilines is 1. The second-order valence-electron chi connectivity index (χ2n) is 6.45. The van der Waals surface area contributed by atoms with Crippen LogP contribution >= 0.6 is 11.8 Å². The molecule has 1 saturated heterocycles. The number of primary amides is 1. The van der Waals surface area contributed by atoms with E-state index in [0.29, 0.717) is 36.8 Å². The molecule has 0 aliphatic carbocycles. The van der Waals surface area contributed by atoms with Crippen LogP contribution in [0.5, 0.6) is 0 Å². The lowest BCUT2D eigenvalue weighted by Crippen LogP contribution is -2.49. The van der Waals surface area contributed by atoms with Crippen molar-refractivity contribution in [2.45, 2.75) is 11.2 Å². The van der Waals surface area contributed by atoms with Gasteiger partial charge in [0, 0.05) is 43.6 Å². The number of thioether (sulfide) groups is 1. The minimum absolute atomic E-state index is 0.0829. The fourth-order valence-electron chi connectivity index (χ4n) is 2.91. The van der Waals surface area contributed by atoms with Gasteiger partial charge in [-0.25, -0.2) is 4.98 Å². The SMILES string of the molecule is NC(=O)c1ccc(N2CCN(C(=O)CSc3ccc(C(F)(F)F)cn3)CC2)cc1. The Morgan fingerprint density at radius 1 is 1.03 bits per heavy atom. The Labute approximate surface area is 169 Å². The summed E-state index contributed by atoms with van der Waals surface area (Å²) < 4.78 is 37.7. The Morgan fingerprint density at radius 3 is 2.21 bits per heavy atom. The lowest BCUT2D eigenvalue weighted by molar-refractivity contribution is -0.138. The number of piperazine rings is 1. The summed E-state index contributed by atoms with van der Waals surface area (Å²) in [5.74, 6) is -0.446. The van der Waals surface area contributed by atoms with Crippen LogP contribution in [0, 0.1) is 0 Å². The molecule has 3 rings (SSSR count). The van der Waals surface area contributed by atoms with Gasteiger partial charge in [-0.15, -0.1) is 0 Å². The van der Waals surface area contributed by atoms with E-state index in [-0.39, 0.29) is 11.7 Å². The van der Waals surface area contributed by atoms with Gasteiger partial charge >= 0.3 is 6.18 Å². The largest absolute Gasteiger partial charge is 0.417 e. The Bertz CT molecular complexity index is 865. The molecule has 2 aromatic rings. The molecule has 1 aliphatic heterocycles. The third kappa shape index (κ3) is 5.41. The van der Waals surface area contributed by atoms with Gasteiger partial charge in [0.05, 0.1) is 16.3 Å². The van der Waals surface area contributed by atoms with Crippen molar-refractivity contribution in [3.63, 3.8) is 0 Å². The van der Waals surface area contributed by atoms with E-state index in [4.69, 9.17) is 5.73 Å². The summed E-state index contributed by atoms with van der Waals surface area (Å²) in [7, 11) is 0. The lowest BCUT2D eigenvalue weighted by atomic mass is 10.1. The highest BCUT2D eigenvalue weighted by Crippen LogP contribution is 2.29. The number of hydrogen-bond donors (Lipinski definition) is 1. The molecule has 0 atom stereocenters. The van der Waals surface area contributed by atoms with Gasteiger partial charge in [-0.2, -0.15) is 13.2 Å². The third-order valence-corrected chi connectivity index (χ3v) is 5.49. The number of rotatable bonds is 5. The van der Waals surface area contributed by atoms with Crippen molar-refractivity contribution in [1.29, 1.82) is 0 Å². The van der Waals surface area contributed by atoms with Crippen LogP contribution in [0.25, 0.3) is 0 Å². The fourth-order valence-corrected chi connectivity index (χ4v) is 3.66. The van der Waals surface area contributed by atoms with Crippen molar-refractivity contribution in [1.82, 2.24) is 9.88 Å². The number of hydrogen-bond acceptors (Lipinski definition) is 5. The molecule has 0 unspecified atom stereocenters. The summed E-state index contributed by atoms with van der Waals surface area (Å²) in [4.78, 5) is 31.1. The summed E-state index contributed by atoms with van der Waals surface area (Å²) in [6.45, 7) is 2.37. The summed E-state index contributed by atoms with van der Waals surface area (Å²) >= 11 is 1.12. The Hall–Kier alpha value is -2.75. The molecule has 10 heteroatoms. The zero-order chi connectivity index (χ0) is 21.0. The van der Waals surface area contributed by atoms with Gasteiger partial charge < -0.3 is 15.5 Å². The molecule has 1 aromatic heterocycles. The molecule has 0 bridgehead atoms. The highest BCUT2D eigenvalue weighted by molar-refractivity contribution is 7.99. The van der Waals surface area contributed by atoms with Crippen LogP contribution in [0.3, 0.4) is 0 Å². The number of benzene rings is 1. The van der Waals surface area contributed by atoms with E-state index in [1.807, 2.05) is 12.1 Å². The first kappa shape index (κ1) is 21.0. The van der Waals surface area contributed by atoms with E-state index in [1.54, 1.807) is 17.0 Å². The summed E-state index contributed by atoms with van der Waals surface area (Å²) in [6.07, 6.45) is -3.65. The summed E-state index contributed by atoms with van der Waals surface area (Å²) in [5.41, 5.74) is 5.82. The average molecular weight is 424 g/mol. The van der Waals surface area contributed by atoms with Crippen LogP contribution in [0.1, 0.15) is 15.9 Å². The second-order valence-corrected chi connectivity index (χ2v) is 7.45. The maximum Gasteiger partial charge on any atom is 0.417 e. The van der Waals surface area contributed by atoms with Crippen molar-refractivity contribution in [2.75, 3.05) is 36.8 Å². The molecule has 0 radical (unpaired) electrons. The standard InChI is InChI=1S/C19H19F3N4O2S/c20-19(21,22)14-3-6-16(24-11-14)29-12-17(27)26-9-7-25(8-10-26)15-4-1-13(2-5-15)18(23)28/h1-6,11H,7-10,12H2,(H2,23,28). The molecule has 0 spiro atoms. The van der Waals surface area contributed by atoms with E-state index in [1.165, 1.54) is 6.07 Å². The molecule has 29 heavy (non-hydrogen) atoms. The first-order chi connectivity index (χ1) is 13.7. The summed E-state index contributed by atoms with van der Waals surface area (Å²) in [5, 5.41) is 0.375. The number of halogens is 3. The molecule has 2 heterocycles.